The number of rotatable bonds is 4. The number of carbonyl (C=O) groups excluding carboxylic acids is 1. The van der Waals surface area contributed by atoms with Crippen LogP contribution in [0.5, 0.6) is 0 Å². The Morgan fingerprint density at radius 1 is 1.47 bits per heavy atom. The van der Waals surface area contributed by atoms with Crippen LogP contribution in [0, 0.1) is 12.8 Å². The number of nitrogens with zero attached hydrogens (tertiary/aromatic N) is 1. The monoisotopic (exact) mass is 261 g/mol. The Hall–Kier alpha value is -1.35. The molecule has 1 aliphatic heterocycles. The minimum absolute atomic E-state index is 0.0311. The van der Waals surface area contributed by atoms with Crippen LogP contribution in [0.2, 0.25) is 0 Å². The van der Waals surface area contributed by atoms with Gasteiger partial charge in [-0.2, -0.15) is 0 Å². The molecule has 1 heterocycles. The number of hydrogen-bond donors (Lipinski definition) is 0. The van der Waals surface area contributed by atoms with Crippen molar-refractivity contribution < 1.29 is 9.53 Å². The van der Waals surface area contributed by atoms with Gasteiger partial charge in [-0.05, 0) is 38.8 Å². The molecule has 0 aromatic heterocycles. The van der Waals surface area contributed by atoms with E-state index < -0.39 is 0 Å². The molecule has 1 aliphatic rings. The summed E-state index contributed by atoms with van der Waals surface area (Å²) in [6.07, 6.45) is 2.04. The van der Waals surface area contributed by atoms with Crippen LogP contribution in [0.3, 0.4) is 0 Å². The lowest BCUT2D eigenvalue weighted by Gasteiger charge is -2.31. The molecule has 1 atom stereocenters. The number of likely N-dealkylation sites (tertiary alicyclic amines) is 1. The molecule has 104 valence electrons. The molecule has 1 fully saturated rings. The van der Waals surface area contributed by atoms with Gasteiger partial charge < -0.3 is 4.74 Å². The lowest BCUT2D eigenvalue weighted by atomic mass is 9.97. The summed E-state index contributed by atoms with van der Waals surface area (Å²) in [5, 5.41) is 0. The third-order valence-electron chi connectivity index (χ3n) is 3.61. The maximum Gasteiger partial charge on any atom is 0.310 e. The number of benzene rings is 1. The molecule has 0 bridgehead atoms. The minimum Gasteiger partial charge on any atom is -0.466 e. The topological polar surface area (TPSA) is 29.5 Å². The van der Waals surface area contributed by atoms with Crippen molar-refractivity contribution in [2.45, 2.75) is 33.2 Å². The van der Waals surface area contributed by atoms with Gasteiger partial charge in [0.25, 0.3) is 0 Å². The summed E-state index contributed by atoms with van der Waals surface area (Å²) in [7, 11) is 0. The molecule has 19 heavy (non-hydrogen) atoms. The van der Waals surface area contributed by atoms with Gasteiger partial charge in [0.05, 0.1) is 12.5 Å². The first-order chi connectivity index (χ1) is 9.19. The molecule has 0 amide bonds. The quantitative estimate of drug-likeness (QED) is 0.781. The molecule has 3 nitrogen and oxygen atoms in total. The number of hydrogen-bond acceptors (Lipinski definition) is 3. The third-order valence-corrected chi connectivity index (χ3v) is 3.61. The van der Waals surface area contributed by atoms with Gasteiger partial charge in [-0.1, -0.05) is 29.8 Å². The Balaban J connectivity index is 1.92. The second-order valence-corrected chi connectivity index (χ2v) is 5.32. The summed E-state index contributed by atoms with van der Waals surface area (Å²) in [5.74, 6) is 0.0231. The van der Waals surface area contributed by atoms with E-state index in [1.54, 1.807) is 0 Å². The number of ether oxygens (including phenoxy) is 1. The van der Waals surface area contributed by atoms with Gasteiger partial charge in [0.15, 0.2) is 0 Å². The van der Waals surface area contributed by atoms with Crippen LogP contribution in [-0.4, -0.2) is 30.6 Å². The van der Waals surface area contributed by atoms with E-state index >= 15 is 0 Å². The van der Waals surface area contributed by atoms with Crippen LogP contribution in [0.25, 0.3) is 0 Å². The normalized spacial score (nSPS) is 20.2. The molecule has 1 saturated heterocycles. The van der Waals surface area contributed by atoms with Crippen molar-refractivity contribution in [2.75, 3.05) is 19.7 Å². The van der Waals surface area contributed by atoms with E-state index in [0.29, 0.717) is 6.61 Å². The van der Waals surface area contributed by atoms with Crippen LogP contribution in [0.4, 0.5) is 0 Å². The van der Waals surface area contributed by atoms with E-state index in [9.17, 15) is 4.79 Å². The van der Waals surface area contributed by atoms with Gasteiger partial charge in [0, 0.05) is 13.1 Å². The van der Waals surface area contributed by atoms with E-state index in [1.807, 2.05) is 6.92 Å². The molecular formula is C16H23NO2. The lowest BCUT2D eigenvalue weighted by Crippen LogP contribution is -2.38. The zero-order chi connectivity index (χ0) is 13.7. The summed E-state index contributed by atoms with van der Waals surface area (Å²) in [4.78, 5) is 14.2. The maximum absolute atomic E-state index is 11.8. The first kappa shape index (κ1) is 14.1. The van der Waals surface area contributed by atoms with E-state index in [4.69, 9.17) is 4.74 Å². The fraction of sp³-hybridized carbons (Fsp3) is 0.562. The van der Waals surface area contributed by atoms with Crippen molar-refractivity contribution in [2.24, 2.45) is 5.92 Å². The average Bonchev–Trinajstić information content (AvgIpc) is 2.39. The summed E-state index contributed by atoms with van der Waals surface area (Å²) < 4.78 is 5.13. The zero-order valence-corrected chi connectivity index (χ0v) is 11.9. The van der Waals surface area contributed by atoms with E-state index in [2.05, 4.69) is 36.1 Å². The van der Waals surface area contributed by atoms with Crippen molar-refractivity contribution in [3.63, 3.8) is 0 Å². The van der Waals surface area contributed by atoms with Crippen LogP contribution < -0.4 is 0 Å². The largest absolute Gasteiger partial charge is 0.466 e. The van der Waals surface area contributed by atoms with Crippen molar-refractivity contribution in [3.8, 4) is 0 Å². The van der Waals surface area contributed by atoms with Gasteiger partial charge >= 0.3 is 5.97 Å². The third kappa shape index (κ3) is 4.06. The Kier molecular flexibility index (Phi) is 4.97. The minimum atomic E-state index is -0.0311. The first-order valence-corrected chi connectivity index (χ1v) is 7.13. The highest BCUT2D eigenvalue weighted by Gasteiger charge is 2.26. The molecule has 0 N–H and O–H groups in total. The Bertz CT molecular complexity index is 431. The predicted molar refractivity (Wildman–Crippen MR) is 75.8 cm³/mol. The number of carbonyl (C=O) groups is 1. The van der Waals surface area contributed by atoms with E-state index in [-0.39, 0.29) is 11.9 Å². The fourth-order valence-corrected chi connectivity index (χ4v) is 2.72. The lowest BCUT2D eigenvalue weighted by molar-refractivity contribution is -0.150. The predicted octanol–water partition coefficient (Wildman–Crippen LogP) is 2.77. The molecule has 1 aromatic rings. The highest BCUT2D eigenvalue weighted by Crippen LogP contribution is 2.20. The Morgan fingerprint density at radius 2 is 2.32 bits per heavy atom. The number of piperidine rings is 1. The van der Waals surface area contributed by atoms with Gasteiger partial charge in [0.2, 0.25) is 0 Å². The van der Waals surface area contributed by atoms with Gasteiger partial charge in [-0.15, -0.1) is 0 Å². The summed E-state index contributed by atoms with van der Waals surface area (Å²) in [6.45, 7) is 7.29. The average molecular weight is 261 g/mol. The Labute approximate surface area is 115 Å². The molecule has 0 radical (unpaired) electrons. The molecule has 3 heteroatoms. The van der Waals surface area contributed by atoms with Crippen molar-refractivity contribution in [1.29, 1.82) is 0 Å². The van der Waals surface area contributed by atoms with Crippen molar-refractivity contribution >= 4 is 5.97 Å². The molecule has 1 unspecified atom stereocenters. The standard InChI is InChI=1S/C16H23NO2/c1-3-19-16(18)15-8-5-9-17(12-15)11-14-7-4-6-13(2)10-14/h4,6-7,10,15H,3,5,8-9,11-12H2,1-2H3. The smallest absolute Gasteiger partial charge is 0.310 e. The molecule has 0 saturated carbocycles. The summed E-state index contributed by atoms with van der Waals surface area (Å²) >= 11 is 0. The fourth-order valence-electron chi connectivity index (χ4n) is 2.72. The second kappa shape index (κ2) is 6.71. The van der Waals surface area contributed by atoms with Gasteiger partial charge in [-0.3, -0.25) is 9.69 Å². The van der Waals surface area contributed by atoms with Crippen LogP contribution >= 0.6 is 0 Å². The highest BCUT2D eigenvalue weighted by atomic mass is 16.5. The van der Waals surface area contributed by atoms with Crippen molar-refractivity contribution in [1.82, 2.24) is 4.90 Å². The zero-order valence-electron chi connectivity index (χ0n) is 11.9. The number of aryl methyl sites for hydroxylation is 1. The molecular weight excluding hydrogens is 238 g/mol. The Morgan fingerprint density at radius 3 is 3.05 bits per heavy atom. The second-order valence-electron chi connectivity index (χ2n) is 5.32. The van der Waals surface area contributed by atoms with Crippen LogP contribution in [-0.2, 0) is 16.1 Å². The van der Waals surface area contributed by atoms with E-state index in [1.165, 1.54) is 11.1 Å². The van der Waals surface area contributed by atoms with Crippen molar-refractivity contribution in [3.05, 3.63) is 35.4 Å². The highest BCUT2D eigenvalue weighted by molar-refractivity contribution is 5.72. The molecule has 0 spiro atoms. The van der Waals surface area contributed by atoms with Crippen LogP contribution in [0.1, 0.15) is 30.9 Å². The SMILES string of the molecule is CCOC(=O)C1CCCN(Cc2cccc(C)c2)C1. The summed E-state index contributed by atoms with van der Waals surface area (Å²) in [6, 6.07) is 8.58. The maximum atomic E-state index is 11.8. The molecule has 2 rings (SSSR count). The molecule has 0 aliphatic carbocycles. The summed E-state index contributed by atoms with van der Waals surface area (Å²) in [5.41, 5.74) is 2.61. The first-order valence-electron chi connectivity index (χ1n) is 7.13. The number of esters is 1. The van der Waals surface area contributed by atoms with Crippen LogP contribution in [0.15, 0.2) is 24.3 Å². The molecule has 1 aromatic carbocycles. The van der Waals surface area contributed by atoms with Gasteiger partial charge in [-0.25, -0.2) is 0 Å². The van der Waals surface area contributed by atoms with Gasteiger partial charge in [0.1, 0.15) is 0 Å². The van der Waals surface area contributed by atoms with E-state index in [0.717, 1.165) is 32.5 Å².